The van der Waals surface area contributed by atoms with Crippen LogP contribution in [-0.4, -0.2) is 50.2 Å². The maximum atomic E-state index is 10.6. The molecule has 73 valence electrons. The number of aldehydes is 1. The average Bonchev–Trinajstić information content (AvgIpc) is 2.72. The molecule has 3 rings (SSSR count). The summed E-state index contributed by atoms with van der Waals surface area (Å²) in [6.07, 6.45) is 4.11. The number of benzene rings is 1. The number of hydrogen-bond donors (Lipinski definition) is 0. The van der Waals surface area contributed by atoms with Gasteiger partial charge in [-0.1, -0.05) is 12.1 Å². The first-order valence-electron chi connectivity index (χ1n) is 4.56. The monoisotopic (exact) mass is 220 g/mol. The molecule has 0 amide bonds. The quantitative estimate of drug-likeness (QED) is 0.459. The van der Waals surface area contributed by atoms with Crippen molar-refractivity contribution >= 4 is 52.5 Å². The molecule has 0 fully saturated rings. The van der Waals surface area contributed by atoms with Crippen LogP contribution in [0.1, 0.15) is 10.5 Å². The zero-order chi connectivity index (χ0) is 10.3. The number of nitrogens with zero attached hydrogens (tertiary/aromatic N) is 3. The van der Waals surface area contributed by atoms with Gasteiger partial charge >= 0.3 is 0 Å². The van der Waals surface area contributed by atoms with Crippen LogP contribution in [0.5, 0.6) is 0 Å². The molecule has 16 heavy (non-hydrogen) atoms. The third kappa shape index (κ3) is 1.65. The van der Waals surface area contributed by atoms with E-state index in [4.69, 9.17) is 0 Å². The Kier molecular flexibility index (Phi) is 3.05. The van der Waals surface area contributed by atoms with Gasteiger partial charge < -0.3 is 0 Å². The number of rotatable bonds is 1. The second kappa shape index (κ2) is 4.33. The SMILES string of the molecule is O=Cc1cn2c(cnc3ccccc32)n1.[Na]. The van der Waals surface area contributed by atoms with E-state index in [1.54, 1.807) is 12.4 Å². The summed E-state index contributed by atoms with van der Waals surface area (Å²) < 4.78 is 1.87. The third-order valence-corrected chi connectivity index (χ3v) is 2.33. The van der Waals surface area contributed by atoms with Gasteiger partial charge in [-0.05, 0) is 12.1 Å². The summed E-state index contributed by atoms with van der Waals surface area (Å²) in [5, 5.41) is 0. The molecule has 5 heteroatoms. The Labute approximate surface area is 114 Å². The molecule has 0 atom stereocenters. The van der Waals surface area contributed by atoms with Crippen molar-refractivity contribution in [2.45, 2.75) is 0 Å². The number of hydrogen-bond acceptors (Lipinski definition) is 3. The first kappa shape index (κ1) is 11.3. The second-order valence-corrected chi connectivity index (χ2v) is 3.26. The molecule has 2 heterocycles. The van der Waals surface area contributed by atoms with Gasteiger partial charge in [0.1, 0.15) is 5.69 Å². The molecule has 0 saturated heterocycles. The van der Waals surface area contributed by atoms with Crippen LogP contribution in [0, 0.1) is 0 Å². The van der Waals surface area contributed by atoms with Gasteiger partial charge in [-0.15, -0.1) is 0 Å². The van der Waals surface area contributed by atoms with Crippen LogP contribution in [0.15, 0.2) is 36.7 Å². The summed E-state index contributed by atoms with van der Waals surface area (Å²) in [4.78, 5) is 19.0. The molecule has 0 bridgehead atoms. The van der Waals surface area contributed by atoms with Crippen molar-refractivity contribution in [3.8, 4) is 0 Å². The fourth-order valence-corrected chi connectivity index (χ4v) is 1.66. The van der Waals surface area contributed by atoms with Gasteiger partial charge in [-0.25, -0.2) is 4.98 Å². The molecule has 2 aromatic heterocycles. The molecule has 0 saturated carbocycles. The molecular formula is C11H7N3NaO. The molecule has 0 aliphatic carbocycles. The summed E-state index contributed by atoms with van der Waals surface area (Å²) in [6.45, 7) is 0. The molecule has 1 aromatic carbocycles. The van der Waals surface area contributed by atoms with Crippen molar-refractivity contribution in [2.75, 3.05) is 0 Å². The van der Waals surface area contributed by atoms with Crippen molar-refractivity contribution in [1.82, 2.24) is 14.4 Å². The van der Waals surface area contributed by atoms with Crippen LogP contribution in [0.2, 0.25) is 0 Å². The number of para-hydroxylation sites is 2. The van der Waals surface area contributed by atoms with Gasteiger partial charge in [-0.2, -0.15) is 0 Å². The minimum Gasteiger partial charge on any atom is -0.296 e. The van der Waals surface area contributed by atoms with E-state index < -0.39 is 0 Å². The number of imidazole rings is 1. The maximum absolute atomic E-state index is 10.6. The van der Waals surface area contributed by atoms with Crippen LogP contribution in [0.4, 0.5) is 0 Å². The Balaban J connectivity index is 0.000000963. The fourth-order valence-electron chi connectivity index (χ4n) is 1.66. The van der Waals surface area contributed by atoms with Crippen LogP contribution in [-0.2, 0) is 0 Å². The van der Waals surface area contributed by atoms with E-state index in [-0.39, 0.29) is 29.6 Å². The van der Waals surface area contributed by atoms with E-state index >= 15 is 0 Å². The number of carbonyl (C=O) groups is 1. The Hall–Kier alpha value is -1.23. The molecule has 0 N–H and O–H groups in total. The molecule has 0 unspecified atom stereocenters. The van der Waals surface area contributed by atoms with Crippen LogP contribution in [0.3, 0.4) is 0 Å². The van der Waals surface area contributed by atoms with Crippen molar-refractivity contribution < 1.29 is 4.79 Å². The summed E-state index contributed by atoms with van der Waals surface area (Å²) >= 11 is 0. The van der Waals surface area contributed by atoms with Crippen LogP contribution in [0.25, 0.3) is 16.7 Å². The van der Waals surface area contributed by atoms with Crippen LogP contribution < -0.4 is 0 Å². The minimum absolute atomic E-state index is 0. The summed E-state index contributed by atoms with van der Waals surface area (Å²) in [6, 6.07) is 7.74. The Bertz CT molecular complexity index is 662. The smallest absolute Gasteiger partial charge is 0.170 e. The molecule has 3 aromatic rings. The fraction of sp³-hybridized carbons (Fsp3) is 0. The molecule has 1 radical (unpaired) electrons. The summed E-state index contributed by atoms with van der Waals surface area (Å²) in [5.41, 5.74) is 2.96. The Morgan fingerprint density at radius 2 is 2.06 bits per heavy atom. The summed E-state index contributed by atoms with van der Waals surface area (Å²) in [7, 11) is 0. The van der Waals surface area contributed by atoms with E-state index in [9.17, 15) is 4.79 Å². The van der Waals surface area contributed by atoms with Gasteiger partial charge in [0.05, 0.1) is 17.2 Å². The van der Waals surface area contributed by atoms with Gasteiger partial charge in [0.15, 0.2) is 11.9 Å². The topological polar surface area (TPSA) is 47.3 Å². The average molecular weight is 220 g/mol. The van der Waals surface area contributed by atoms with E-state index in [0.717, 1.165) is 17.3 Å². The van der Waals surface area contributed by atoms with Crippen molar-refractivity contribution in [3.05, 3.63) is 42.4 Å². The normalized spacial score (nSPS) is 10.2. The predicted octanol–water partition coefficient (Wildman–Crippen LogP) is 1.31. The third-order valence-electron chi connectivity index (χ3n) is 2.33. The van der Waals surface area contributed by atoms with E-state index in [2.05, 4.69) is 9.97 Å². The van der Waals surface area contributed by atoms with Crippen LogP contribution >= 0.6 is 0 Å². The molecule has 0 spiro atoms. The van der Waals surface area contributed by atoms with Gasteiger partial charge in [0.25, 0.3) is 0 Å². The standard InChI is InChI=1S/C11H7N3O.Na/c15-7-8-6-14-10-4-2-1-3-9(10)12-5-11(14)13-8;/h1-7H;. The van der Waals surface area contributed by atoms with Gasteiger partial charge in [-0.3, -0.25) is 14.2 Å². The summed E-state index contributed by atoms with van der Waals surface area (Å²) in [5.74, 6) is 0. The zero-order valence-corrected chi connectivity index (χ0v) is 10.8. The number of carbonyl (C=O) groups excluding carboxylic acids is 1. The predicted molar refractivity (Wildman–Crippen MR) is 61.6 cm³/mol. The van der Waals surface area contributed by atoms with E-state index in [0.29, 0.717) is 11.3 Å². The van der Waals surface area contributed by atoms with Gasteiger partial charge in [0, 0.05) is 35.8 Å². The minimum atomic E-state index is 0. The Morgan fingerprint density at radius 1 is 1.25 bits per heavy atom. The van der Waals surface area contributed by atoms with Crippen molar-refractivity contribution in [2.24, 2.45) is 0 Å². The van der Waals surface area contributed by atoms with Crippen molar-refractivity contribution in [3.63, 3.8) is 0 Å². The van der Waals surface area contributed by atoms with E-state index in [1.807, 2.05) is 28.7 Å². The molecule has 0 aliphatic rings. The first-order chi connectivity index (χ1) is 7.38. The number of fused-ring (bicyclic) bond motifs is 3. The Morgan fingerprint density at radius 3 is 2.88 bits per heavy atom. The maximum Gasteiger partial charge on any atom is 0.170 e. The largest absolute Gasteiger partial charge is 0.296 e. The first-order valence-corrected chi connectivity index (χ1v) is 4.56. The van der Waals surface area contributed by atoms with Gasteiger partial charge in [0.2, 0.25) is 0 Å². The molecule has 4 nitrogen and oxygen atoms in total. The zero-order valence-electron chi connectivity index (χ0n) is 8.79. The van der Waals surface area contributed by atoms with Crippen molar-refractivity contribution in [1.29, 1.82) is 0 Å². The van der Waals surface area contributed by atoms with E-state index in [1.165, 1.54) is 0 Å². The second-order valence-electron chi connectivity index (χ2n) is 3.26. The molecular weight excluding hydrogens is 213 g/mol. The molecule has 0 aliphatic heterocycles. The number of aromatic nitrogens is 3.